The van der Waals surface area contributed by atoms with Gasteiger partial charge in [0.15, 0.2) is 0 Å². The second-order valence-corrected chi connectivity index (χ2v) is 6.56. The average Bonchev–Trinajstić information content (AvgIpc) is 2.21. The minimum absolute atomic E-state index is 0.0449. The zero-order valence-electron chi connectivity index (χ0n) is 10.8. The predicted molar refractivity (Wildman–Crippen MR) is 75.4 cm³/mol. The van der Waals surface area contributed by atoms with Gasteiger partial charge in [-0.1, -0.05) is 19.9 Å². The first kappa shape index (κ1) is 12.9. The van der Waals surface area contributed by atoms with Crippen LogP contribution < -0.4 is 5.32 Å². The molecule has 2 unspecified atom stereocenters. The maximum Gasteiger partial charge on any atom is 0.0630 e. The van der Waals surface area contributed by atoms with Gasteiger partial charge in [-0.05, 0) is 53.4 Å². The number of benzene rings is 1. The zero-order valence-corrected chi connectivity index (χ0v) is 12.4. The minimum atomic E-state index is -0.190. The van der Waals surface area contributed by atoms with Gasteiger partial charge in [0.1, 0.15) is 0 Å². The van der Waals surface area contributed by atoms with Crippen LogP contribution in [0, 0.1) is 19.3 Å². The molecule has 2 rings (SSSR count). The molecule has 1 aliphatic carbocycles. The van der Waals surface area contributed by atoms with E-state index in [4.69, 9.17) is 0 Å². The van der Waals surface area contributed by atoms with E-state index in [2.05, 4.69) is 61.1 Å². The van der Waals surface area contributed by atoms with Gasteiger partial charge in [0.05, 0.1) is 11.8 Å². The average molecular weight is 298 g/mol. The fourth-order valence-corrected chi connectivity index (χ4v) is 3.21. The molecule has 0 aromatic heterocycles. The lowest BCUT2D eigenvalue weighted by molar-refractivity contribution is -0.0510. The fraction of sp³-hybridized carbons (Fsp3) is 0.571. The first-order chi connectivity index (χ1) is 7.82. The Balaban J connectivity index is 2.21. The first-order valence-corrected chi connectivity index (χ1v) is 6.83. The molecule has 0 radical (unpaired) electrons. The molecule has 1 aromatic carbocycles. The standard InChI is InChI=1S/C14H20BrNO/c1-8-5-9(2)13(10(15)6-8)16-11-7-12(17)14(11,3)4/h5-6,11-12,16-17H,7H2,1-4H3. The highest BCUT2D eigenvalue weighted by Gasteiger charge is 2.47. The van der Waals surface area contributed by atoms with Crippen molar-refractivity contribution >= 4 is 21.6 Å². The molecule has 0 aliphatic heterocycles. The van der Waals surface area contributed by atoms with E-state index in [1.165, 1.54) is 11.1 Å². The summed E-state index contributed by atoms with van der Waals surface area (Å²) in [6.45, 7) is 8.42. The van der Waals surface area contributed by atoms with Crippen molar-refractivity contribution in [1.29, 1.82) is 0 Å². The highest BCUT2D eigenvalue weighted by molar-refractivity contribution is 9.10. The first-order valence-electron chi connectivity index (χ1n) is 6.03. The number of anilines is 1. The molecule has 2 N–H and O–H groups in total. The van der Waals surface area contributed by atoms with Gasteiger partial charge in [-0.3, -0.25) is 0 Å². The van der Waals surface area contributed by atoms with E-state index in [9.17, 15) is 5.11 Å². The van der Waals surface area contributed by atoms with E-state index < -0.39 is 0 Å². The number of hydrogen-bond acceptors (Lipinski definition) is 2. The normalized spacial score (nSPS) is 26.5. The third-order valence-electron chi connectivity index (χ3n) is 3.97. The summed E-state index contributed by atoms with van der Waals surface area (Å²) in [5.41, 5.74) is 3.61. The Bertz CT molecular complexity index is 419. The number of aliphatic hydroxyl groups is 1. The van der Waals surface area contributed by atoms with Crippen LogP contribution in [0.5, 0.6) is 0 Å². The number of aliphatic hydroxyl groups excluding tert-OH is 1. The Hall–Kier alpha value is -0.540. The molecule has 0 heterocycles. The summed E-state index contributed by atoms with van der Waals surface area (Å²) in [5.74, 6) is 0. The zero-order chi connectivity index (χ0) is 12.8. The molecule has 0 amide bonds. The summed E-state index contributed by atoms with van der Waals surface area (Å²) in [6.07, 6.45) is 0.636. The van der Waals surface area contributed by atoms with Crippen LogP contribution in [0.25, 0.3) is 0 Å². The van der Waals surface area contributed by atoms with Gasteiger partial charge >= 0.3 is 0 Å². The van der Waals surface area contributed by atoms with Crippen molar-refractivity contribution < 1.29 is 5.11 Å². The summed E-state index contributed by atoms with van der Waals surface area (Å²) in [5, 5.41) is 13.3. The van der Waals surface area contributed by atoms with E-state index >= 15 is 0 Å². The summed E-state index contributed by atoms with van der Waals surface area (Å²) in [6, 6.07) is 4.64. The Morgan fingerprint density at radius 2 is 2.00 bits per heavy atom. The van der Waals surface area contributed by atoms with Crippen LogP contribution in [0.15, 0.2) is 16.6 Å². The predicted octanol–water partition coefficient (Wildman–Crippen LogP) is 3.64. The van der Waals surface area contributed by atoms with E-state index in [1.807, 2.05) is 0 Å². The van der Waals surface area contributed by atoms with Gasteiger partial charge in [0, 0.05) is 15.9 Å². The Morgan fingerprint density at radius 3 is 2.47 bits per heavy atom. The van der Waals surface area contributed by atoms with Crippen molar-refractivity contribution in [1.82, 2.24) is 0 Å². The Kier molecular flexibility index (Phi) is 3.25. The number of rotatable bonds is 2. The second kappa shape index (κ2) is 4.29. The molecule has 1 saturated carbocycles. The summed E-state index contributed by atoms with van der Waals surface area (Å²) >= 11 is 3.61. The van der Waals surface area contributed by atoms with E-state index in [-0.39, 0.29) is 11.5 Å². The van der Waals surface area contributed by atoms with Crippen molar-refractivity contribution in [2.45, 2.75) is 46.3 Å². The topological polar surface area (TPSA) is 32.3 Å². The van der Waals surface area contributed by atoms with Crippen LogP contribution in [0.3, 0.4) is 0 Å². The van der Waals surface area contributed by atoms with E-state index in [0.29, 0.717) is 6.04 Å². The van der Waals surface area contributed by atoms with Crippen LogP contribution in [-0.2, 0) is 0 Å². The van der Waals surface area contributed by atoms with Crippen molar-refractivity contribution in [2.75, 3.05) is 5.32 Å². The molecular weight excluding hydrogens is 278 g/mol. The molecule has 17 heavy (non-hydrogen) atoms. The summed E-state index contributed by atoms with van der Waals surface area (Å²) in [4.78, 5) is 0. The van der Waals surface area contributed by atoms with Crippen LogP contribution in [0.4, 0.5) is 5.69 Å². The highest BCUT2D eigenvalue weighted by Crippen LogP contribution is 2.43. The molecule has 2 atom stereocenters. The van der Waals surface area contributed by atoms with Gasteiger partial charge < -0.3 is 10.4 Å². The van der Waals surface area contributed by atoms with Crippen molar-refractivity contribution in [3.8, 4) is 0 Å². The van der Waals surface area contributed by atoms with Crippen molar-refractivity contribution in [3.05, 3.63) is 27.7 Å². The SMILES string of the molecule is Cc1cc(C)c(NC2CC(O)C2(C)C)c(Br)c1. The van der Waals surface area contributed by atoms with Crippen LogP contribution in [-0.4, -0.2) is 17.3 Å². The molecule has 0 saturated heterocycles. The van der Waals surface area contributed by atoms with Gasteiger partial charge in [0.25, 0.3) is 0 Å². The van der Waals surface area contributed by atoms with Crippen molar-refractivity contribution in [2.24, 2.45) is 5.41 Å². The molecule has 1 aromatic rings. The van der Waals surface area contributed by atoms with Gasteiger partial charge in [-0.25, -0.2) is 0 Å². The van der Waals surface area contributed by atoms with Crippen LogP contribution >= 0.6 is 15.9 Å². The number of hydrogen-bond donors (Lipinski definition) is 2. The Morgan fingerprint density at radius 1 is 1.35 bits per heavy atom. The molecule has 1 aliphatic rings. The van der Waals surface area contributed by atoms with Gasteiger partial charge in [-0.2, -0.15) is 0 Å². The second-order valence-electron chi connectivity index (χ2n) is 5.71. The number of halogens is 1. The van der Waals surface area contributed by atoms with Crippen molar-refractivity contribution in [3.63, 3.8) is 0 Å². The lowest BCUT2D eigenvalue weighted by Gasteiger charge is -2.50. The third-order valence-corrected chi connectivity index (χ3v) is 4.59. The third kappa shape index (κ3) is 2.23. The molecule has 0 spiro atoms. The lowest BCUT2D eigenvalue weighted by Crippen LogP contribution is -2.57. The van der Waals surface area contributed by atoms with Crippen LogP contribution in [0.2, 0.25) is 0 Å². The highest BCUT2D eigenvalue weighted by atomic mass is 79.9. The van der Waals surface area contributed by atoms with Crippen LogP contribution in [0.1, 0.15) is 31.4 Å². The summed E-state index contributed by atoms with van der Waals surface area (Å²) in [7, 11) is 0. The lowest BCUT2D eigenvalue weighted by atomic mass is 9.64. The van der Waals surface area contributed by atoms with E-state index in [1.54, 1.807) is 0 Å². The molecule has 1 fully saturated rings. The maximum atomic E-state index is 9.76. The maximum absolute atomic E-state index is 9.76. The largest absolute Gasteiger partial charge is 0.392 e. The molecule has 94 valence electrons. The quantitative estimate of drug-likeness (QED) is 0.873. The minimum Gasteiger partial charge on any atom is -0.392 e. The van der Waals surface area contributed by atoms with E-state index in [0.717, 1.165) is 16.6 Å². The molecule has 2 nitrogen and oxygen atoms in total. The molecule has 0 bridgehead atoms. The summed E-state index contributed by atoms with van der Waals surface area (Å²) < 4.78 is 1.10. The molecule has 3 heteroatoms. The Labute approximate surface area is 112 Å². The van der Waals surface area contributed by atoms with Gasteiger partial charge in [0.2, 0.25) is 0 Å². The number of nitrogens with one attached hydrogen (secondary N) is 1. The number of aryl methyl sites for hydroxylation is 2. The monoisotopic (exact) mass is 297 g/mol. The fourth-order valence-electron chi connectivity index (χ4n) is 2.42. The molecular formula is C14H20BrNO. The van der Waals surface area contributed by atoms with Gasteiger partial charge in [-0.15, -0.1) is 0 Å². The smallest absolute Gasteiger partial charge is 0.0630 e.